The summed E-state index contributed by atoms with van der Waals surface area (Å²) in [5, 5.41) is 15.1. The fourth-order valence-corrected chi connectivity index (χ4v) is 6.02. The molecule has 8 nitrogen and oxygen atoms in total. The van der Waals surface area contributed by atoms with Gasteiger partial charge in [0.15, 0.2) is 6.29 Å². The van der Waals surface area contributed by atoms with Gasteiger partial charge in [0.25, 0.3) is 0 Å². The molecular formula is C37H38N2O6S. The highest BCUT2D eigenvalue weighted by Crippen LogP contribution is 2.40. The predicted octanol–water partition coefficient (Wildman–Crippen LogP) is 7.55. The van der Waals surface area contributed by atoms with E-state index in [1.165, 1.54) is 13.0 Å². The number of benzene rings is 4. The van der Waals surface area contributed by atoms with E-state index in [0.29, 0.717) is 13.0 Å². The second kappa shape index (κ2) is 16.2. The third kappa shape index (κ3) is 9.31. The van der Waals surface area contributed by atoms with Crippen LogP contribution in [-0.4, -0.2) is 35.6 Å². The van der Waals surface area contributed by atoms with Gasteiger partial charge in [-0.25, -0.2) is 4.79 Å². The van der Waals surface area contributed by atoms with Crippen LogP contribution in [0.15, 0.2) is 115 Å². The van der Waals surface area contributed by atoms with Gasteiger partial charge in [-0.3, -0.25) is 4.79 Å². The van der Waals surface area contributed by atoms with Crippen molar-refractivity contribution >= 4 is 29.4 Å². The summed E-state index contributed by atoms with van der Waals surface area (Å²) in [5.41, 5.74) is 6.58. The summed E-state index contributed by atoms with van der Waals surface area (Å²) in [6.07, 6.45) is 0.909. The average molecular weight is 639 g/mol. The second-order valence-corrected chi connectivity index (χ2v) is 12.0. The number of aliphatic hydroxyl groups excluding tert-OH is 1. The van der Waals surface area contributed by atoms with Crippen molar-refractivity contribution in [2.24, 2.45) is 0 Å². The monoisotopic (exact) mass is 638 g/mol. The summed E-state index contributed by atoms with van der Waals surface area (Å²) < 4.78 is 18.0. The minimum atomic E-state index is -0.560. The molecule has 4 aromatic rings. The first-order valence-corrected chi connectivity index (χ1v) is 16.1. The quantitative estimate of drug-likeness (QED) is 0.109. The van der Waals surface area contributed by atoms with E-state index >= 15 is 0 Å². The molecule has 0 aliphatic carbocycles. The molecule has 0 aromatic heterocycles. The Morgan fingerprint density at radius 2 is 1.67 bits per heavy atom. The van der Waals surface area contributed by atoms with E-state index in [-0.39, 0.29) is 31.3 Å². The van der Waals surface area contributed by atoms with Crippen LogP contribution in [-0.2, 0) is 32.2 Å². The predicted molar refractivity (Wildman–Crippen MR) is 180 cm³/mol. The summed E-state index contributed by atoms with van der Waals surface area (Å²) in [6.45, 7) is 5.55. The minimum Gasteiger partial charge on any atom is -0.445 e. The van der Waals surface area contributed by atoms with Gasteiger partial charge in [-0.05, 0) is 58.1 Å². The van der Waals surface area contributed by atoms with Gasteiger partial charge in [-0.1, -0.05) is 79.4 Å². The van der Waals surface area contributed by atoms with Gasteiger partial charge in [0.2, 0.25) is 5.91 Å². The zero-order valence-electron chi connectivity index (χ0n) is 25.7. The largest absolute Gasteiger partial charge is 0.445 e. The van der Waals surface area contributed by atoms with Gasteiger partial charge in [-0.2, -0.15) is 0 Å². The van der Waals surface area contributed by atoms with Crippen molar-refractivity contribution in [2.75, 3.05) is 17.7 Å². The number of carbonyl (C=O) groups excluding carboxylic acids is 2. The van der Waals surface area contributed by atoms with Crippen LogP contribution in [0.5, 0.6) is 0 Å². The molecule has 3 atom stereocenters. The first-order chi connectivity index (χ1) is 22.4. The molecule has 1 aliphatic heterocycles. The van der Waals surface area contributed by atoms with Crippen molar-refractivity contribution in [3.8, 4) is 11.1 Å². The van der Waals surface area contributed by atoms with Crippen LogP contribution in [0.4, 0.5) is 10.5 Å². The van der Waals surface area contributed by atoms with Gasteiger partial charge in [0.1, 0.15) is 6.61 Å². The third-order valence-corrected chi connectivity index (χ3v) is 8.58. The van der Waals surface area contributed by atoms with Gasteiger partial charge in [-0.15, -0.1) is 11.8 Å². The normalized spacial score (nSPS) is 17.6. The lowest BCUT2D eigenvalue weighted by Crippen LogP contribution is -2.31. The Labute approximate surface area is 273 Å². The second-order valence-electron chi connectivity index (χ2n) is 10.9. The SMILES string of the molecule is C=CCOC(=O)NCc1cccc(-c2ccc([C@@H]3O[C@H](CSc4ccc(NC(C)=O)cc4)C[C@H](c4ccc(CO)cc4)O3)cc2)c1. The maximum absolute atomic E-state index is 11.8. The zero-order chi connectivity index (χ0) is 32.3. The number of anilines is 1. The number of aliphatic hydroxyl groups is 1. The number of hydrogen-bond donors (Lipinski definition) is 3. The maximum Gasteiger partial charge on any atom is 0.407 e. The van der Waals surface area contributed by atoms with Gasteiger partial charge < -0.3 is 30.0 Å². The molecule has 46 heavy (non-hydrogen) atoms. The smallest absolute Gasteiger partial charge is 0.407 e. The number of nitrogens with one attached hydrogen (secondary N) is 2. The topological polar surface area (TPSA) is 106 Å². The Morgan fingerprint density at radius 1 is 0.935 bits per heavy atom. The highest BCUT2D eigenvalue weighted by atomic mass is 32.2. The van der Waals surface area contributed by atoms with Gasteiger partial charge in [0.05, 0.1) is 18.8 Å². The lowest BCUT2D eigenvalue weighted by atomic mass is 9.99. The Balaban J connectivity index is 1.28. The average Bonchev–Trinajstić information content (AvgIpc) is 3.09. The first kappa shape index (κ1) is 33.0. The van der Waals surface area contributed by atoms with E-state index in [9.17, 15) is 14.7 Å². The molecule has 238 valence electrons. The van der Waals surface area contributed by atoms with E-state index in [0.717, 1.165) is 49.7 Å². The van der Waals surface area contributed by atoms with E-state index < -0.39 is 12.4 Å². The molecule has 4 aromatic carbocycles. The van der Waals surface area contributed by atoms with Crippen molar-refractivity contribution in [2.45, 2.75) is 49.9 Å². The van der Waals surface area contributed by atoms with Crippen molar-refractivity contribution in [1.29, 1.82) is 0 Å². The van der Waals surface area contributed by atoms with E-state index in [1.54, 1.807) is 11.8 Å². The molecule has 0 saturated carbocycles. The number of hydrogen-bond acceptors (Lipinski definition) is 7. The summed E-state index contributed by atoms with van der Waals surface area (Å²) in [7, 11) is 0. The number of amides is 2. The lowest BCUT2D eigenvalue weighted by molar-refractivity contribution is -0.245. The molecule has 0 bridgehead atoms. The molecule has 0 radical (unpaired) electrons. The summed E-state index contributed by atoms with van der Waals surface area (Å²) >= 11 is 1.70. The van der Waals surface area contributed by atoms with E-state index in [4.69, 9.17) is 14.2 Å². The standard InChI is InChI=1S/C37H38N2O6S/c1-3-19-43-37(42)38-22-27-5-4-6-31(20-27)28-11-13-30(14-12-28)36-44-33(21-35(45-36)29-9-7-26(23-40)8-10-29)24-46-34-17-15-32(16-18-34)39-25(2)41/h3-18,20,33,35-36,40H,1,19,21-24H2,2H3,(H,38,42)(H,39,41)/t33-,35+,36+/m0/s1. The highest BCUT2D eigenvalue weighted by Gasteiger charge is 2.32. The van der Waals surface area contributed by atoms with Gasteiger partial charge in [0, 0.05) is 41.8 Å². The molecule has 3 N–H and O–H groups in total. The Bertz CT molecular complexity index is 1610. The Morgan fingerprint density at radius 3 is 2.37 bits per heavy atom. The number of ether oxygens (including phenoxy) is 3. The zero-order valence-corrected chi connectivity index (χ0v) is 26.5. The van der Waals surface area contributed by atoms with Crippen LogP contribution >= 0.6 is 11.8 Å². The summed E-state index contributed by atoms with van der Waals surface area (Å²) in [6, 6.07) is 31.8. The lowest BCUT2D eigenvalue weighted by Gasteiger charge is -2.36. The fourth-order valence-electron chi connectivity index (χ4n) is 5.10. The van der Waals surface area contributed by atoms with Crippen LogP contribution < -0.4 is 10.6 Å². The van der Waals surface area contributed by atoms with Crippen molar-refractivity contribution < 1.29 is 28.9 Å². The van der Waals surface area contributed by atoms with Crippen LogP contribution in [0.3, 0.4) is 0 Å². The number of carbonyl (C=O) groups is 2. The van der Waals surface area contributed by atoms with Crippen LogP contribution in [0.2, 0.25) is 0 Å². The molecule has 1 aliphatic rings. The summed E-state index contributed by atoms with van der Waals surface area (Å²) in [4.78, 5) is 24.3. The number of thioether (sulfide) groups is 1. The van der Waals surface area contributed by atoms with Crippen molar-refractivity contribution in [3.63, 3.8) is 0 Å². The molecule has 2 amide bonds. The molecule has 1 heterocycles. The van der Waals surface area contributed by atoms with E-state index in [1.807, 2.05) is 97.1 Å². The maximum atomic E-state index is 11.8. The molecule has 0 unspecified atom stereocenters. The molecular weight excluding hydrogens is 600 g/mol. The van der Waals surface area contributed by atoms with Crippen LogP contribution in [0.25, 0.3) is 11.1 Å². The first-order valence-electron chi connectivity index (χ1n) is 15.1. The molecule has 0 spiro atoms. The van der Waals surface area contributed by atoms with Crippen LogP contribution in [0, 0.1) is 0 Å². The van der Waals surface area contributed by atoms with Crippen LogP contribution in [0.1, 0.15) is 48.0 Å². The highest BCUT2D eigenvalue weighted by molar-refractivity contribution is 7.99. The van der Waals surface area contributed by atoms with Crippen molar-refractivity contribution in [3.05, 3.63) is 132 Å². The minimum absolute atomic E-state index is 0.00836. The summed E-state index contributed by atoms with van der Waals surface area (Å²) in [5.74, 6) is 0.627. The fraction of sp³-hybridized carbons (Fsp3) is 0.243. The van der Waals surface area contributed by atoms with Gasteiger partial charge >= 0.3 is 6.09 Å². The van der Waals surface area contributed by atoms with E-state index in [2.05, 4.69) is 17.2 Å². The van der Waals surface area contributed by atoms with Crippen molar-refractivity contribution in [1.82, 2.24) is 5.32 Å². The molecule has 5 rings (SSSR count). The molecule has 1 fully saturated rings. The molecule has 1 saturated heterocycles. The Kier molecular flexibility index (Phi) is 11.6. The number of alkyl carbamates (subject to hydrolysis) is 1. The molecule has 9 heteroatoms. The Hall–Kier alpha value is -4.41. The third-order valence-electron chi connectivity index (χ3n) is 7.44. The number of rotatable bonds is 12.